The maximum absolute atomic E-state index is 14.0. The summed E-state index contributed by atoms with van der Waals surface area (Å²) in [4.78, 5) is 13.5. The van der Waals surface area contributed by atoms with Crippen molar-refractivity contribution in [1.29, 1.82) is 0 Å². The van der Waals surface area contributed by atoms with Gasteiger partial charge in [0.05, 0.1) is 5.52 Å². The van der Waals surface area contributed by atoms with E-state index in [-0.39, 0.29) is 12.2 Å². The number of hydrogen-bond donors (Lipinski definition) is 3. The summed E-state index contributed by atoms with van der Waals surface area (Å²) in [5.41, 5.74) is 8.94. The van der Waals surface area contributed by atoms with Gasteiger partial charge in [-0.3, -0.25) is 4.79 Å². The molecule has 19 heavy (non-hydrogen) atoms. The lowest BCUT2D eigenvalue weighted by Gasteiger charge is -2.11. The van der Waals surface area contributed by atoms with E-state index in [1.807, 2.05) is 19.9 Å². The number of nitrogens with one attached hydrogen (secondary N) is 1. The number of carboxylic acids is 1. The first-order chi connectivity index (χ1) is 8.90. The van der Waals surface area contributed by atoms with E-state index in [1.165, 1.54) is 6.07 Å². The van der Waals surface area contributed by atoms with E-state index in [1.54, 1.807) is 0 Å². The lowest BCUT2D eigenvalue weighted by atomic mass is 10.00. The van der Waals surface area contributed by atoms with Crippen LogP contribution in [0.4, 0.5) is 4.39 Å². The Morgan fingerprint density at radius 3 is 2.79 bits per heavy atom. The number of halogens is 1. The molecule has 1 heterocycles. The fraction of sp³-hybridized carbons (Fsp3) is 0.357. The molecule has 1 unspecified atom stereocenters. The molecule has 0 aliphatic heterocycles. The smallest absolute Gasteiger partial charge is 0.303 e. The molecule has 0 radical (unpaired) electrons. The van der Waals surface area contributed by atoms with Gasteiger partial charge in [-0.25, -0.2) is 4.39 Å². The molecular formula is C14H17FN2O2. The molecule has 4 N–H and O–H groups in total. The standard InChI is InChI=1S/C14H17FN2O2/c1-7-8(2)17-14-10(7)5-9(6-11(14)15)12(16)3-4-13(18)19/h5-6,12,17H,3-4,16H2,1-2H3,(H,18,19). The number of aromatic amines is 1. The number of aliphatic carboxylic acids is 1. The summed E-state index contributed by atoms with van der Waals surface area (Å²) in [7, 11) is 0. The summed E-state index contributed by atoms with van der Waals surface area (Å²) in [6.07, 6.45) is 0.273. The zero-order valence-electron chi connectivity index (χ0n) is 11.0. The lowest BCUT2D eigenvalue weighted by Crippen LogP contribution is -2.12. The van der Waals surface area contributed by atoms with E-state index in [0.717, 1.165) is 16.6 Å². The quantitative estimate of drug-likeness (QED) is 0.794. The number of hydrogen-bond acceptors (Lipinski definition) is 2. The number of aromatic nitrogens is 1. The number of rotatable bonds is 4. The summed E-state index contributed by atoms with van der Waals surface area (Å²) >= 11 is 0. The van der Waals surface area contributed by atoms with E-state index in [4.69, 9.17) is 10.8 Å². The van der Waals surface area contributed by atoms with Gasteiger partial charge < -0.3 is 15.8 Å². The van der Waals surface area contributed by atoms with Gasteiger partial charge in [0, 0.05) is 23.5 Å². The molecule has 0 saturated heterocycles. The molecule has 0 aliphatic carbocycles. The van der Waals surface area contributed by atoms with Crippen LogP contribution in [0.25, 0.3) is 10.9 Å². The zero-order chi connectivity index (χ0) is 14.2. The molecule has 1 atom stereocenters. The molecule has 2 rings (SSSR count). The van der Waals surface area contributed by atoms with Crippen molar-refractivity contribution in [3.05, 3.63) is 34.8 Å². The molecule has 0 bridgehead atoms. The number of carboxylic acid groups (broad SMARTS) is 1. The highest BCUT2D eigenvalue weighted by molar-refractivity contribution is 5.85. The van der Waals surface area contributed by atoms with Gasteiger partial charge >= 0.3 is 5.97 Å². The second-order valence-electron chi connectivity index (χ2n) is 4.84. The van der Waals surface area contributed by atoms with Crippen LogP contribution in [0.1, 0.15) is 35.7 Å². The molecule has 0 aliphatic rings. The molecule has 5 heteroatoms. The Balaban J connectivity index is 2.39. The largest absolute Gasteiger partial charge is 0.481 e. The van der Waals surface area contributed by atoms with Crippen LogP contribution in [0.15, 0.2) is 12.1 Å². The van der Waals surface area contributed by atoms with Gasteiger partial charge in [-0.15, -0.1) is 0 Å². The summed E-state index contributed by atoms with van der Waals surface area (Å²) in [6, 6.07) is 2.75. The van der Waals surface area contributed by atoms with Gasteiger partial charge in [-0.1, -0.05) is 0 Å². The van der Waals surface area contributed by atoms with E-state index >= 15 is 0 Å². The fourth-order valence-electron chi connectivity index (χ4n) is 2.19. The van der Waals surface area contributed by atoms with Crippen molar-refractivity contribution < 1.29 is 14.3 Å². The van der Waals surface area contributed by atoms with Crippen LogP contribution >= 0.6 is 0 Å². The molecular weight excluding hydrogens is 247 g/mol. The monoisotopic (exact) mass is 264 g/mol. The van der Waals surface area contributed by atoms with Crippen LogP contribution in [0, 0.1) is 19.7 Å². The average molecular weight is 264 g/mol. The SMILES string of the molecule is Cc1[nH]c2c(F)cc(C(N)CCC(=O)O)cc2c1C. The topological polar surface area (TPSA) is 79.1 Å². The van der Waals surface area contributed by atoms with Gasteiger partial charge in [0.2, 0.25) is 0 Å². The first-order valence-corrected chi connectivity index (χ1v) is 6.16. The maximum atomic E-state index is 14.0. The third kappa shape index (κ3) is 2.61. The average Bonchev–Trinajstić information content (AvgIpc) is 2.64. The highest BCUT2D eigenvalue weighted by Crippen LogP contribution is 2.28. The Kier molecular flexibility index (Phi) is 3.57. The van der Waals surface area contributed by atoms with Crippen LogP contribution in [-0.4, -0.2) is 16.1 Å². The van der Waals surface area contributed by atoms with Crippen LogP contribution in [-0.2, 0) is 4.79 Å². The minimum Gasteiger partial charge on any atom is -0.481 e. The van der Waals surface area contributed by atoms with Crippen LogP contribution < -0.4 is 5.73 Å². The third-order valence-corrected chi connectivity index (χ3v) is 3.49. The van der Waals surface area contributed by atoms with Crippen molar-refractivity contribution in [2.75, 3.05) is 0 Å². The van der Waals surface area contributed by atoms with Crippen molar-refractivity contribution >= 4 is 16.9 Å². The second-order valence-corrected chi connectivity index (χ2v) is 4.84. The van der Waals surface area contributed by atoms with E-state index in [9.17, 15) is 9.18 Å². The van der Waals surface area contributed by atoms with E-state index < -0.39 is 12.0 Å². The predicted octanol–water partition coefficient (Wildman–Crippen LogP) is 2.79. The van der Waals surface area contributed by atoms with Gasteiger partial charge in [0.25, 0.3) is 0 Å². The number of fused-ring (bicyclic) bond motifs is 1. The van der Waals surface area contributed by atoms with Crippen molar-refractivity contribution in [3.63, 3.8) is 0 Å². The normalized spacial score (nSPS) is 12.8. The fourth-order valence-corrected chi connectivity index (χ4v) is 2.19. The van der Waals surface area contributed by atoms with Crippen molar-refractivity contribution in [2.24, 2.45) is 5.73 Å². The first kappa shape index (κ1) is 13.5. The molecule has 102 valence electrons. The van der Waals surface area contributed by atoms with Gasteiger partial charge in [-0.2, -0.15) is 0 Å². The highest BCUT2D eigenvalue weighted by Gasteiger charge is 2.14. The predicted molar refractivity (Wildman–Crippen MR) is 71.5 cm³/mol. The van der Waals surface area contributed by atoms with Crippen LogP contribution in [0.3, 0.4) is 0 Å². The van der Waals surface area contributed by atoms with Crippen LogP contribution in [0.5, 0.6) is 0 Å². The molecule has 0 amide bonds. The summed E-state index contributed by atoms with van der Waals surface area (Å²) in [5.74, 6) is -1.25. The number of carbonyl (C=O) groups is 1. The number of aryl methyl sites for hydroxylation is 2. The lowest BCUT2D eigenvalue weighted by molar-refractivity contribution is -0.137. The number of nitrogens with two attached hydrogens (primary N) is 1. The second kappa shape index (κ2) is 5.01. The van der Waals surface area contributed by atoms with Gasteiger partial charge in [-0.05, 0) is 43.5 Å². The molecule has 0 fully saturated rings. The molecule has 2 aromatic rings. The minimum absolute atomic E-state index is 0.0219. The van der Waals surface area contributed by atoms with E-state index in [0.29, 0.717) is 17.5 Å². The minimum atomic E-state index is -0.898. The number of H-pyrrole nitrogens is 1. The first-order valence-electron chi connectivity index (χ1n) is 6.16. The van der Waals surface area contributed by atoms with Crippen molar-refractivity contribution in [2.45, 2.75) is 32.7 Å². The molecule has 4 nitrogen and oxygen atoms in total. The Hall–Kier alpha value is -1.88. The summed E-state index contributed by atoms with van der Waals surface area (Å²) in [6.45, 7) is 3.80. The van der Waals surface area contributed by atoms with Crippen molar-refractivity contribution in [3.8, 4) is 0 Å². The highest BCUT2D eigenvalue weighted by atomic mass is 19.1. The molecule has 1 aromatic carbocycles. The Labute approximate surface area is 110 Å². The third-order valence-electron chi connectivity index (χ3n) is 3.49. The van der Waals surface area contributed by atoms with Crippen molar-refractivity contribution in [1.82, 2.24) is 4.98 Å². The molecule has 0 saturated carbocycles. The maximum Gasteiger partial charge on any atom is 0.303 e. The molecule has 1 aromatic heterocycles. The Bertz CT molecular complexity index is 634. The van der Waals surface area contributed by atoms with Crippen LogP contribution in [0.2, 0.25) is 0 Å². The van der Waals surface area contributed by atoms with Gasteiger partial charge in [0.15, 0.2) is 0 Å². The van der Waals surface area contributed by atoms with E-state index in [2.05, 4.69) is 4.98 Å². The summed E-state index contributed by atoms with van der Waals surface area (Å²) in [5, 5.41) is 9.45. The zero-order valence-corrected chi connectivity index (χ0v) is 11.0. The number of benzene rings is 1. The molecule has 0 spiro atoms. The summed E-state index contributed by atoms with van der Waals surface area (Å²) < 4.78 is 14.0. The Morgan fingerprint density at radius 2 is 2.16 bits per heavy atom. The Morgan fingerprint density at radius 1 is 1.47 bits per heavy atom. The van der Waals surface area contributed by atoms with Gasteiger partial charge in [0.1, 0.15) is 5.82 Å².